The highest BCUT2D eigenvalue weighted by Crippen LogP contribution is 2.32. The van der Waals surface area contributed by atoms with E-state index in [1.807, 2.05) is 0 Å². The first-order valence-corrected chi connectivity index (χ1v) is 9.73. The maximum Gasteiger partial charge on any atom is 0.229 e. The second kappa shape index (κ2) is 9.92. The standard InChI is InChI=1S/C19H28O12/c20-4-3-9-1-2-10(22)11(5-9)30-17-15(25)14(24)13(23)12(31-17)6-28-18-16(26)19(27,7-21)8-29-18/h1-2,5,12-18,20-27H,3-4,6-8H2. The van der Waals surface area contributed by atoms with Gasteiger partial charge in [-0.05, 0) is 24.1 Å². The van der Waals surface area contributed by atoms with E-state index in [1.165, 1.54) is 12.1 Å². The topological polar surface area (TPSA) is 199 Å². The first-order valence-electron chi connectivity index (χ1n) is 9.73. The molecule has 0 aromatic heterocycles. The third kappa shape index (κ3) is 5.09. The largest absolute Gasteiger partial charge is 0.504 e. The van der Waals surface area contributed by atoms with Crippen LogP contribution in [0.1, 0.15) is 5.56 Å². The van der Waals surface area contributed by atoms with E-state index in [9.17, 15) is 30.6 Å². The lowest BCUT2D eigenvalue weighted by molar-refractivity contribution is -0.289. The molecular weight excluding hydrogens is 420 g/mol. The third-order valence-corrected chi connectivity index (χ3v) is 5.34. The predicted molar refractivity (Wildman–Crippen MR) is 99.9 cm³/mol. The second-order valence-corrected chi connectivity index (χ2v) is 7.63. The zero-order valence-electron chi connectivity index (χ0n) is 16.5. The van der Waals surface area contributed by atoms with E-state index in [1.54, 1.807) is 6.07 Å². The van der Waals surface area contributed by atoms with Gasteiger partial charge in [-0.1, -0.05) is 6.07 Å². The van der Waals surface area contributed by atoms with E-state index in [0.717, 1.165) is 0 Å². The summed E-state index contributed by atoms with van der Waals surface area (Å²) < 4.78 is 21.4. The van der Waals surface area contributed by atoms with E-state index in [0.29, 0.717) is 12.0 Å². The van der Waals surface area contributed by atoms with Crippen LogP contribution in [0.2, 0.25) is 0 Å². The Bertz CT molecular complexity index is 732. The average Bonchev–Trinajstić information content (AvgIpc) is 3.04. The molecule has 3 rings (SSSR count). The maximum absolute atomic E-state index is 10.2. The van der Waals surface area contributed by atoms with Crippen LogP contribution in [0.3, 0.4) is 0 Å². The summed E-state index contributed by atoms with van der Waals surface area (Å²) in [7, 11) is 0. The summed E-state index contributed by atoms with van der Waals surface area (Å²) in [6.07, 6.45) is -10.2. The summed E-state index contributed by atoms with van der Waals surface area (Å²) in [6, 6.07) is 4.35. The molecule has 2 aliphatic heterocycles. The summed E-state index contributed by atoms with van der Waals surface area (Å²) in [5.74, 6) is -0.336. The number of phenolic OH excluding ortho intramolecular Hbond substituents is 1. The van der Waals surface area contributed by atoms with E-state index in [4.69, 9.17) is 29.2 Å². The van der Waals surface area contributed by atoms with E-state index in [2.05, 4.69) is 0 Å². The molecule has 0 aliphatic carbocycles. The zero-order chi connectivity index (χ0) is 22.8. The van der Waals surface area contributed by atoms with Crippen LogP contribution >= 0.6 is 0 Å². The number of phenols is 1. The molecule has 2 saturated heterocycles. The second-order valence-electron chi connectivity index (χ2n) is 7.63. The molecule has 31 heavy (non-hydrogen) atoms. The van der Waals surface area contributed by atoms with E-state index >= 15 is 0 Å². The molecule has 8 atom stereocenters. The monoisotopic (exact) mass is 448 g/mol. The van der Waals surface area contributed by atoms with Crippen molar-refractivity contribution in [2.75, 3.05) is 26.4 Å². The number of hydrogen-bond acceptors (Lipinski definition) is 12. The predicted octanol–water partition coefficient (Wildman–Crippen LogP) is -3.43. The Labute approximate surface area is 177 Å². The Morgan fingerprint density at radius 2 is 1.77 bits per heavy atom. The van der Waals surface area contributed by atoms with Gasteiger partial charge in [0, 0.05) is 6.61 Å². The number of aliphatic hydroxyl groups is 7. The first-order chi connectivity index (χ1) is 14.7. The van der Waals surface area contributed by atoms with Gasteiger partial charge in [0.2, 0.25) is 6.29 Å². The molecule has 0 amide bonds. The van der Waals surface area contributed by atoms with E-state index < -0.39 is 61.9 Å². The van der Waals surface area contributed by atoms with Crippen LogP contribution in [0.25, 0.3) is 0 Å². The van der Waals surface area contributed by atoms with Gasteiger partial charge < -0.3 is 59.8 Å². The molecular formula is C19H28O12. The Kier molecular flexibility index (Phi) is 7.70. The van der Waals surface area contributed by atoms with Crippen molar-refractivity contribution in [2.45, 2.75) is 55.1 Å². The fourth-order valence-corrected chi connectivity index (χ4v) is 3.34. The minimum Gasteiger partial charge on any atom is -0.504 e. The summed E-state index contributed by atoms with van der Waals surface area (Å²) >= 11 is 0. The lowest BCUT2D eigenvalue weighted by Crippen LogP contribution is -2.60. The molecule has 1 aromatic carbocycles. The maximum atomic E-state index is 10.2. The molecule has 2 heterocycles. The van der Waals surface area contributed by atoms with Gasteiger partial charge in [0.25, 0.3) is 0 Å². The Morgan fingerprint density at radius 1 is 1.03 bits per heavy atom. The van der Waals surface area contributed by atoms with Gasteiger partial charge in [-0.2, -0.15) is 0 Å². The van der Waals surface area contributed by atoms with Crippen molar-refractivity contribution < 1.29 is 59.8 Å². The number of ether oxygens (including phenoxy) is 4. The van der Waals surface area contributed by atoms with Crippen LogP contribution in [-0.2, 0) is 20.6 Å². The van der Waals surface area contributed by atoms with Crippen LogP contribution in [0.4, 0.5) is 0 Å². The van der Waals surface area contributed by atoms with Gasteiger partial charge >= 0.3 is 0 Å². The van der Waals surface area contributed by atoms with Crippen molar-refractivity contribution in [2.24, 2.45) is 0 Å². The van der Waals surface area contributed by atoms with Gasteiger partial charge in [-0.15, -0.1) is 0 Å². The fourth-order valence-electron chi connectivity index (χ4n) is 3.34. The molecule has 2 fully saturated rings. The highest BCUT2D eigenvalue weighted by molar-refractivity contribution is 5.42. The van der Waals surface area contributed by atoms with Crippen LogP contribution in [0, 0.1) is 0 Å². The van der Waals surface area contributed by atoms with Crippen molar-refractivity contribution in [1.29, 1.82) is 0 Å². The summed E-state index contributed by atoms with van der Waals surface area (Å²) in [5.41, 5.74) is -1.25. The van der Waals surface area contributed by atoms with Crippen molar-refractivity contribution in [3.8, 4) is 11.5 Å². The molecule has 12 heteroatoms. The number of benzene rings is 1. The fraction of sp³-hybridized carbons (Fsp3) is 0.684. The summed E-state index contributed by atoms with van der Waals surface area (Å²) in [5, 5.41) is 78.8. The molecule has 12 nitrogen and oxygen atoms in total. The van der Waals surface area contributed by atoms with Crippen LogP contribution in [-0.4, -0.2) is 116 Å². The van der Waals surface area contributed by atoms with Gasteiger partial charge in [0.1, 0.15) is 36.1 Å². The van der Waals surface area contributed by atoms with Crippen LogP contribution in [0.5, 0.6) is 11.5 Å². The molecule has 176 valence electrons. The highest BCUT2D eigenvalue weighted by atomic mass is 16.7. The molecule has 0 radical (unpaired) electrons. The minimum atomic E-state index is -1.89. The molecule has 8 unspecified atom stereocenters. The number of rotatable bonds is 8. The highest BCUT2D eigenvalue weighted by Gasteiger charge is 2.50. The van der Waals surface area contributed by atoms with Crippen molar-refractivity contribution in [1.82, 2.24) is 0 Å². The summed E-state index contributed by atoms with van der Waals surface area (Å²) in [4.78, 5) is 0. The molecule has 0 bridgehead atoms. The van der Waals surface area contributed by atoms with Gasteiger partial charge in [0.15, 0.2) is 17.8 Å². The number of aliphatic hydroxyl groups excluding tert-OH is 6. The van der Waals surface area contributed by atoms with Crippen molar-refractivity contribution in [3.05, 3.63) is 23.8 Å². The zero-order valence-corrected chi connectivity index (χ0v) is 16.5. The molecule has 2 aliphatic rings. The van der Waals surface area contributed by atoms with Gasteiger partial charge in [-0.25, -0.2) is 0 Å². The Hall–Kier alpha value is -1.58. The van der Waals surface area contributed by atoms with Crippen LogP contribution in [0.15, 0.2) is 18.2 Å². The first kappa shape index (κ1) is 24.1. The van der Waals surface area contributed by atoms with Crippen molar-refractivity contribution >= 4 is 0 Å². The quantitative estimate of drug-likeness (QED) is 0.196. The normalized spacial score (nSPS) is 38.4. The van der Waals surface area contributed by atoms with Gasteiger partial charge in [-0.3, -0.25) is 0 Å². The summed E-state index contributed by atoms with van der Waals surface area (Å²) in [6.45, 7) is -1.68. The smallest absolute Gasteiger partial charge is 0.229 e. The SMILES string of the molecule is OCCc1ccc(O)c(OC2OC(COC3OCC(O)(CO)C3O)C(O)C(O)C2O)c1. The molecule has 8 N–H and O–H groups in total. The van der Waals surface area contributed by atoms with Gasteiger partial charge in [0.05, 0.1) is 19.8 Å². The number of aromatic hydroxyl groups is 1. The minimum absolute atomic E-state index is 0.0687. The third-order valence-electron chi connectivity index (χ3n) is 5.34. The Balaban J connectivity index is 1.66. The molecule has 0 saturated carbocycles. The number of hydrogen-bond donors (Lipinski definition) is 8. The van der Waals surface area contributed by atoms with E-state index in [-0.39, 0.29) is 24.7 Å². The Morgan fingerprint density at radius 3 is 2.42 bits per heavy atom. The molecule has 0 spiro atoms. The van der Waals surface area contributed by atoms with Crippen LogP contribution < -0.4 is 4.74 Å². The molecule has 1 aromatic rings. The average molecular weight is 448 g/mol. The van der Waals surface area contributed by atoms with Crippen molar-refractivity contribution in [3.63, 3.8) is 0 Å². The lowest BCUT2D eigenvalue weighted by Gasteiger charge is -2.40. The lowest BCUT2D eigenvalue weighted by atomic mass is 9.99.